The minimum absolute atomic E-state index is 0.574. The number of thiocarbonyl (C=S) groups is 1. The number of nitrogens with zero attached hydrogens (tertiary/aromatic N) is 1. The van der Waals surface area contributed by atoms with Crippen LogP contribution < -0.4 is 15.5 Å². The first kappa shape index (κ1) is 13.8. The lowest BCUT2D eigenvalue weighted by molar-refractivity contribution is 0.320. The summed E-state index contributed by atoms with van der Waals surface area (Å²) in [7, 11) is 0. The van der Waals surface area contributed by atoms with E-state index in [1.807, 2.05) is 24.3 Å². The minimum Gasteiger partial charge on any atom is -0.492 e. The number of benzene rings is 1. The number of unbranched alkanes of at least 4 members (excludes halogenated alkanes) is 1. The number of rotatable bonds is 4. The van der Waals surface area contributed by atoms with Crippen molar-refractivity contribution < 1.29 is 4.74 Å². The molecule has 0 aromatic heterocycles. The summed E-state index contributed by atoms with van der Waals surface area (Å²) in [4.78, 5) is 0. The zero-order valence-corrected chi connectivity index (χ0v) is 11.9. The number of nitrogens with one attached hydrogen (secondary N) is 2. The molecule has 19 heavy (non-hydrogen) atoms. The van der Waals surface area contributed by atoms with Crippen molar-refractivity contribution in [2.45, 2.75) is 26.2 Å². The van der Waals surface area contributed by atoms with E-state index in [2.05, 4.69) is 22.8 Å². The van der Waals surface area contributed by atoms with E-state index >= 15 is 0 Å². The molecule has 1 aliphatic heterocycles. The van der Waals surface area contributed by atoms with Crippen LogP contribution in [0.15, 0.2) is 29.4 Å². The standard InChI is InChI=1S/C14H19N3OS/c1-2-3-9-15-14(19)17-16-12-8-10-18-13-7-5-4-6-11(12)13/h4-7H,2-3,8-10H2,1H3,(H2,15,17,19)/b16-12-. The minimum atomic E-state index is 0.574. The highest BCUT2D eigenvalue weighted by molar-refractivity contribution is 7.80. The summed E-state index contributed by atoms with van der Waals surface area (Å²) in [5.41, 5.74) is 4.93. The van der Waals surface area contributed by atoms with Crippen LogP contribution in [0.1, 0.15) is 31.7 Å². The lowest BCUT2D eigenvalue weighted by Gasteiger charge is -2.18. The first-order valence-electron chi connectivity index (χ1n) is 6.64. The molecule has 0 atom stereocenters. The molecule has 1 heterocycles. The fraction of sp³-hybridized carbons (Fsp3) is 0.429. The normalized spacial score (nSPS) is 15.5. The molecule has 0 spiro atoms. The molecule has 0 bridgehead atoms. The van der Waals surface area contributed by atoms with Crippen molar-refractivity contribution in [3.8, 4) is 5.75 Å². The van der Waals surface area contributed by atoms with Crippen molar-refractivity contribution in [1.82, 2.24) is 10.7 Å². The third kappa shape index (κ3) is 3.92. The second-order valence-electron chi connectivity index (χ2n) is 4.37. The first-order chi connectivity index (χ1) is 9.31. The van der Waals surface area contributed by atoms with Gasteiger partial charge in [0.2, 0.25) is 0 Å². The van der Waals surface area contributed by atoms with Gasteiger partial charge in [-0.25, -0.2) is 0 Å². The Kier molecular flexibility index (Phi) is 5.15. The Labute approximate surface area is 119 Å². The van der Waals surface area contributed by atoms with Crippen molar-refractivity contribution in [2.75, 3.05) is 13.2 Å². The van der Waals surface area contributed by atoms with E-state index in [0.717, 1.165) is 42.8 Å². The van der Waals surface area contributed by atoms with Gasteiger partial charge in [-0.1, -0.05) is 25.5 Å². The van der Waals surface area contributed by atoms with Gasteiger partial charge in [0.25, 0.3) is 0 Å². The van der Waals surface area contributed by atoms with Gasteiger partial charge in [-0.3, -0.25) is 5.43 Å². The van der Waals surface area contributed by atoms with Crippen molar-refractivity contribution in [3.05, 3.63) is 29.8 Å². The van der Waals surface area contributed by atoms with E-state index in [0.29, 0.717) is 11.7 Å². The number of ether oxygens (including phenoxy) is 1. The number of hydrogen-bond donors (Lipinski definition) is 2. The van der Waals surface area contributed by atoms with E-state index < -0.39 is 0 Å². The summed E-state index contributed by atoms with van der Waals surface area (Å²) in [6, 6.07) is 7.93. The van der Waals surface area contributed by atoms with Gasteiger partial charge in [-0.05, 0) is 30.8 Å². The molecule has 0 aliphatic carbocycles. The third-order valence-corrected chi connectivity index (χ3v) is 3.14. The van der Waals surface area contributed by atoms with Gasteiger partial charge in [0, 0.05) is 18.5 Å². The SMILES string of the molecule is CCCCNC(=S)N/N=C1/CCOc2ccccc21. The first-order valence-corrected chi connectivity index (χ1v) is 7.04. The molecule has 0 radical (unpaired) electrons. The van der Waals surface area contributed by atoms with Crippen molar-refractivity contribution >= 4 is 23.0 Å². The Morgan fingerprint density at radius 3 is 3.11 bits per heavy atom. The van der Waals surface area contributed by atoms with Crippen LogP contribution in [0.4, 0.5) is 0 Å². The van der Waals surface area contributed by atoms with Crippen LogP contribution in [0.2, 0.25) is 0 Å². The highest BCUT2D eigenvalue weighted by Crippen LogP contribution is 2.24. The molecule has 1 aromatic carbocycles. The van der Waals surface area contributed by atoms with Gasteiger partial charge in [0.1, 0.15) is 5.75 Å². The van der Waals surface area contributed by atoms with Gasteiger partial charge in [0.05, 0.1) is 12.3 Å². The topological polar surface area (TPSA) is 45.7 Å². The van der Waals surface area contributed by atoms with Crippen LogP contribution in [0.25, 0.3) is 0 Å². The zero-order valence-electron chi connectivity index (χ0n) is 11.1. The molecule has 0 saturated carbocycles. The van der Waals surface area contributed by atoms with Crippen LogP contribution >= 0.6 is 12.2 Å². The molecular formula is C14H19N3OS. The molecule has 2 N–H and O–H groups in total. The molecule has 5 heteroatoms. The summed E-state index contributed by atoms with van der Waals surface area (Å²) in [6.45, 7) is 3.69. The molecule has 1 aliphatic rings. The van der Waals surface area contributed by atoms with Gasteiger partial charge >= 0.3 is 0 Å². The maximum Gasteiger partial charge on any atom is 0.186 e. The van der Waals surface area contributed by atoms with Crippen LogP contribution in [-0.2, 0) is 0 Å². The second-order valence-corrected chi connectivity index (χ2v) is 4.78. The molecule has 1 aromatic rings. The van der Waals surface area contributed by atoms with E-state index in [4.69, 9.17) is 17.0 Å². The van der Waals surface area contributed by atoms with Crippen LogP contribution in [0.3, 0.4) is 0 Å². The van der Waals surface area contributed by atoms with E-state index in [-0.39, 0.29) is 0 Å². The molecule has 102 valence electrons. The van der Waals surface area contributed by atoms with Crippen LogP contribution in [0, 0.1) is 0 Å². The van der Waals surface area contributed by atoms with Gasteiger partial charge < -0.3 is 10.1 Å². The van der Waals surface area contributed by atoms with E-state index in [1.54, 1.807) is 0 Å². The van der Waals surface area contributed by atoms with Crippen molar-refractivity contribution in [2.24, 2.45) is 5.10 Å². The molecule has 2 rings (SSSR count). The summed E-state index contributed by atoms with van der Waals surface area (Å²) < 4.78 is 5.58. The highest BCUT2D eigenvalue weighted by atomic mass is 32.1. The lowest BCUT2D eigenvalue weighted by atomic mass is 10.0. The maximum absolute atomic E-state index is 5.58. The molecule has 4 nitrogen and oxygen atoms in total. The van der Waals surface area contributed by atoms with Crippen molar-refractivity contribution in [1.29, 1.82) is 0 Å². The molecule has 0 saturated heterocycles. The zero-order chi connectivity index (χ0) is 13.5. The van der Waals surface area contributed by atoms with Gasteiger partial charge in [0.15, 0.2) is 5.11 Å². The third-order valence-electron chi connectivity index (χ3n) is 2.90. The number of hydrazone groups is 1. The van der Waals surface area contributed by atoms with Crippen molar-refractivity contribution in [3.63, 3.8) is 0 Å². The summed E-state index contributed by atoms with van der Waals surface area (Å²) in [5, 5.41) is 8.09. The molecule has 0 amide bonds. The Balaban J connectivity index is 1.95. The Morgan fingerprint density at radius 2 is 2.26 bits per heavy atom. The number of para-hydroxylation sites is 1. The number of hydrogen-bond acceptors (Lipinski definition) is 3. The molecule has 0 unspecified atom stereocenters. The summed E-state index contributed by atoms with van der Waals surface area (Å²) in [5.74, 6) is 0.888. The van der Waals surface area contributed by atoms with Gasteiger partial charge in [-0.15, -0.1) is 0 Å². The Bertz CT molecular complexity index is 474. The van der Waals surface area contributed by atoms with Crippen LogP contribution in [-0.4, -0.2) is 24.0 Å². The highest BCUT2D eigenvalue weighted by Gasteiger charge is 2.15. The predicted molar refractivity (Wildman–Crippen MR) is 81.7 cm³/mol. The summed E-state index contributed by atoms with van der Waals surface area (Å²) in [6.07, 6.45) is 3.05. The lowest BCUT2D eigenvalue weighted by Crippen LogP contribution is -2.33. The van der Waals surface area contributed by atoms with E-state index in [9.17, 15) is 0 Å². The maximum atomic E-state index is 5.58. The molecule has 0 fully saturated rings. The van der Waals surface area contributed by atoms with Gasteiger partial charge in [-0.2, -0.15) is 5.10 Å². The average Bonchev–Trinajstić information content (AvgIpc) is 2.45. The fourth-order valence-electron chi connectivity index (χ4n) is 1.88. The molecular weight excluding hydrogens is 258 g/mol. The Hall–Kier alpha value is -1.62. The largest absolute Gasteiger partial charge is 0.492 e. The van der Waals surface area contributed by atoms with E-state index in [1.165, 1.54) is 0 Å². The quantitative estimate of drug-likeness (QED) is 0.504. The second kappa shape index (κ2) is 7.09. The summed E-state index contributed by atoms with van der Waals surface area (Å²) >= 11 is 5.17. The Morgan fingerprint density at radius 1 is 1.42 bits per heavy atom. The average molecular weight is 277 g/mol. The predicted octanol–water partition coefficient (Wildman–Crippen LogP) is 2.44. The number of fused-ring (bicyclic) bond motifs is 1. The van der Waals surface area contributed by atoms with Crippen LogP contribution in [0.5, 0.6) is 5.75 Å². The monoisotopic (exact) mass is 277 g/mol. The smallest absolute Gasteiger partial charge is 0.186 e. The fourth-order valence-corrected chi connectivity index (χ4v) is 2.02.